The van der Waals surface area contributed by atoms with Crippen molar-refractivity contribution in [2.75, 3.05) is 0 Å². The van der Waals surface area contributed by atoms with E-state index in [0.717, 1.165) is 42.1 Å². The Balaban J connectivity index is 1.49. The number of carbonyl (C=O) groups excluding carboxylic acids is 2. The summed E-state index contributed by atoms with van der Waals surface area (Å²) in [6.07, 6.45) is 7.09. The highest BCUT2D eigenvalue weighted by Gasteiger charge is 2.26. The zero-order valence-electron chi connectivity index (χ0n) is 16.9. The molecule has 0 bridgehead atoms. The molecule has 30 heavy (non-hydrogen) atoms. The highest BCUT2D eigenvalue weighted by atomic mass is 16.6. The first-order valence-corrected chi connectivity index (χ1v) is 10.6. The van der Waals surface area contributed by atoms with E-state index in [9.17, 15) is 9.59 Å². The second kappa shape index (κ2) is 9.48. The van der Waals surface area contributed by atoms with Gasteiger partial charge < -0.3 is 20.4 Å². The van der Waals surface area contributed by atoms with Crippen LogP contribution in [0.2, 0.25) is 0 Å². The van der Waals surface area contributed by atoms with Gasteiger partial charge in [0.05, 0.1) is 0 Å². The number of hydrogen-bond acceptors (Lipinski definition) is 3. The molecule has 1 aromatic heterocycles. The minimum Gasteiger partial charge on any atom is -0.410 e. The van der Waals surface area contributed by atoms with Crippen LogP contribution in [0, 0.1) is 0 Å². The second-order valence-electron chi connectivity index (χ2n) is 7.81. The van der Waals surface area contributed by atoms with Gasteiger partial charge in [0, 0.05) is 29.6 Å². The first-order chi connectivity index (χ1) is 14.7. The van der Waals surface area contributed by atoms with E-state index in [0.29, 0.717) is 12.2 Å². The predicted molar refractivity (Wildman–Crippen MR) is 116 cm³/mol. The van der Waals surface area contributed by atoms with Crippen molar-refractivity contribution in [1.82, 2.24) is 15.6 Å². The quantitative estimate of drug-likeness (QED) is 0.571. The zero-order valence-corrected chi connectivity index (χ0v) is 16.9. The second-order valence-corrected chi connectivity index (χ2v) is 7.81. The monoisotopic (exact) mass is 405 g/mol. The fraction of sp³-hybridized carbons (Fsp3) is 0.333. The van der Waals surface area contributed by atoms with E-state index in [4.69, 9.17) is 4.74 Å². The lowest BCUT2D eigenvalue weighted by atomic mass is 9.95. The molecule has 4 rings (SSSR count). The third kappa shape index (κ3) is 5.00. The van der Waals surface area contributed by atoms with E-state index in [2.05, 4.69) is 15.6 Å². The summed E-state index contributed by atoms with van der Waals surface area (Å²) in [7, 11) is 0. The maximum atomic E-state index is 13.1. The van der Waals surface area contributed by atoms with Gasteiger partial charge >= 0.3 is 6.09 Å². The first kappa shape index (κ1) is 20.0. The van der Waals surface area contributed by atoms with Crippen molar-refractivity contribution in [2.45, 2.75) is 50.6 Å². The van der Waals surface area contributed by atoms with E-state index in [1.807, 2.05) is 36.5 Å². The molecule has 1 atom stereocenters. The SMILES string of the molecule is O=C(NC(Cc1c[nH]c2ccccc12)C(=O)NC1CCCCC1)Oc1ccccc1. The molecule has 1 heterocycles. The standard InChI is InChI=1S/C24H27N3O3/c28-23(26-18-9-3-1-4-10-18)22(27-24(29)30-19-11-5-2-6-12-19)15-17-16-25-21-14-8-7-13-20(17)21/h2,5-8,11-14,16,18,22,25H,1,3-4,9-10,15H2,(H,26,28)(H,27,29). The third-order valence-corrected chi connectivity index (χ3v) is 5.61. The summed E-state index contributed by atoms with van der Waals surface area (Å²) >= 11 is 0. The molecule has 156 valence electrons. The summed E-state index contributed by atoms with van der Waals surface area (Å²) in [5.41, 5.74) is 1.99. The van der Waals surface area contributed by atoms with Gasteiger partial charge in [-0.05, 0) is 36.6 Å². The zero-order chi connectivity index (χ0) is 20.8. The fourth-order valence-electron chi connectivity index (χ4n) is 4.05. The number of carbonyl (C=O) groups is 2. The van der Waals surface area contributed by atoms with Crippen molar-refractivity contribution in [2.24, 2.45) is 0 Å². The van der Waals surface area contributed by atoms with Crippen LogP contribution in [0.25, 0.3) is 10.9 Å². The van der Waals surface area contributed by atoms with Gasteiger partial charge in [0.1, 0.15) is 11.8 Å². The van der Waals surface area contributed by atoms with Crippen LogP contribution in [-0.2, 0) is 11.2 Å². The number of aromatic nitrogens is 1. The summed E-state index contributed by atoms with van der Waals surface area (Å²) in [6.45, 7) is 0. The number of H-pyrrole nitrogens is 1. The van der Waals surface area contributed by atoms with E-state index in [1.165, 1.54) is 6.42 Å². The van der Waals surface area contributed by atoms with Crippen molar-refractivity contribution in [3.05, 3.63) is 66.4 Å². The van der Waals surface area contributed by atoms with Gasteiger partial charge in [-0.2, -0.15) is 0 Å². The van der Waals surface area contributed by atoms with Crippen molar-refractivity contribution in [3.63, 3.8) is 0 Å². The molecule has 0 aliphatic heterocycles. The maximum Gasteiger partial charge on any atom is 0.413 e. The van der Waals surface area contributed by atoms with Gasteiger partial charge in [0.15, 0.2) is 0 Å². The molecule has 1 saturated carbocycles. The summed E-state index contributed by atoms with van der Waals surface area (Å²) in [5.74, 6) is 0.269. The van der Waals surface area contributed by atoms with Gasteiger partial charge in [-0.25, -0.2) is 4.79 Å². The Labute approximate surface area is 176 Å². The van der Waals surface area contributed by atoms with Gasteiger partial charge in [-0.15, -0.1) is 0 Å². The summed E-state index contributed by atoms with van der Waals surface area (Å²) in [5, 5.41) is 6.95. The van der Waals surface area contributed by atoms with Crippen molar-refractivity contribution in [1.29, 1.82) is 0 Å². The number of amides is 2. The van der Waals surface area contributed by atoms with Crippen molar-refractivity contribution >= 4 is 22.9 Å². The molecule has 6 heteroatoms. The molecule has 3 N–H and O–H groups in total. The lowest BCUT2D eigenvalue weighted by molar-refractivity contribution is -0.123. The Kier molecular flexibility index (Phi) is 6.32. The third-order valence-electron chi connectivity index (χ3n) is 5.61. The smallest absolute Gasteiger partial charge is 0.410 e. The summed E-state index contributed by atoms with van der Waals surface area (Å²) in [4.78, 5) is 28.8. The fourth-order valence-corrected chi connectivity index (χ4v) is 4.05. The Morgan fingerprint density at radius 2 is 1.73 bits per heavy atom. The van der Waals surface area contributed by atoms with E-state index < -0.39 is 12.1 Å². The Bertz CT molecular complexity index is 993. The maximum absolute atomic E-state index is 13.1. The number of ether oxygens (including phenoxy) is 1. The Hall–Kier alpha value is -3.28. The average Bonchev–Trinajstić information content (AvgIpc) is 3.17. The molecule has 3 aromatic rings. The van der Waals surface area contributed by atoms with E-state index in [1.54, 1.807) is 24.3 Å². The van der Waals surface area contributed by atoms with E-state index >= 15 is 0 Å². The molecule has 0 spiro atoms. The molecule has 0 saturated heterocycles. The van der Waals surface area contributed by atoms with Crippen LogP contribution in [0.4, 0.5) is 4.79 Å². The molecule has 2 aromatic carbocycles. The van der Waals surface area contributed by atoms with Gasteiger partial charge in [0.25, 0.3) is 0 Å². The molecule has 1 fully saturated rings. The lowest BCUT2D eigenvalue weighted by Gasteiger charge is -2.26. The normalized spacial score (nSPS) is 15.5. The van der Waals surface area contributed by atoms with Crippen LogP contribution < -0.4 is 15.4 Å². The highest BCUT2D eigenvalue weighted by Crippen LogP contribution is 2.21. The Morgan fingerprint density at radius 1 is 1.00 bits per heavy atom. The minimum absolute atomic E-state index is 0.169. The van der Waals surface area contributed by atoms with Gasteiger partial charge in [-0.1, -0.05) is 55.7 Å². The number of hydrogen-bond donors (Lipinski definition) is 3. The van der Waals surface area contributed by atoms with Crippen LogP contribution in [0.5, 0.6) is 5.75 Å². The van der Waals surface area contributed by atoms with Crippen LogP contribution in [0.3, 0.4) is 0 Å². The molecule has 2 amide bonds. The van der Waals surface area contributed by atoms with Gasteiger partial charge in [-0.3, -0.25) is 4.79 Å². The molecular formula is C24H27N3O3. The number of fused-ring (bicyclic) bond motifs is 1. The van der Waals surface area contributed by atoms with Crippen molar-refractivity contribution < 1.29 is 14.3 Å². The van der Waals surface area contributed by atoms with Crippen LogP contribution >= 0.6 is 0 Å². The number of para-hydroxylation sites is 2. The molecule has 1 aliphatic rings. The summed E-state index contributed by atoms with van der Waals surface area (Å²) in [6, 6.07) is 16.2. The highest BCUT2D eigenvalue weighted by molar-refractivity contribution is 5.88. The summed E-state index contributed by atoms with van der Waals surface area (Å²) < 4.78 is 5.35. The molecule has 0 radical (unpaired) electrons. The van der Waals surface area contributed by atoms with E-state index in [-0.39, 0.29) is 11.9 Å². The topological polar surface area (TPSA) is 83.2 Å². The largest absolute Gasteiger partial charge is 0.413 e. The minimum atomic E-state index is -0.720. The molecular weight excluding hydrogens is 378 g/mol. The van der Waals surface area contributed by atoms with Crippen LogP contribution in [0.1, 0.15) is 37.7 Å². The Morgan fingerprint density at radius 3 is 2.53 bits per heavy atom. The van der Waals surface area contributed by atoms with Crippen LogP contribution in [-0.4, -0.2) is 29.1 Å². The van der Waals surface area contributed by atoms with Crippen LogP contribution in [0.15, 0.2) is 60.8 Å². The molecule has 1 unspecified atom stereocenters. The number of aromatic amines is 1. The first-order valence-electron chi connectivity index (χ1n) is 10.6. The number of rotatable bonds is 6. The lowest BCUT2D eigenvalue weighted by Crippen LogP contribution is -2.51. The number of nitrogens with one attached hydrogen (secondary N) is 3. The average molecular weight is 405 g/mol. The predicted octanol–water partition coefficient (Wildman–Crippen LogP) is 4.32. The number of benzene rings is 2. The van der Waals surface area contributed by atoms with Gasteiger partial charge in [0.2, 0.25) is 5.91 Å². The van der Waals surface area contributed by atoms with Crippen molar-refractivity contribution in [3.8, 4) is 5.75 Å². The molecule has 1 aliphatic carbocycles. The molecule has 6 nitrogen and oxygen atoms in total.